The molecule has 0 spiro atoms. The second-order valence-corrected chi connectivity index (χ2v) is 7.14. The monoisotopic (exact) mass is 387 g/mol. The zero-order valence-electron chi connectivity index (χ0n) is 15.2. The van der Waals surface area contributed by atoms with Gasteiger partial charge in [-0.1, -0.05) is 30.3 Å². The van der Waals surface area contributed by atoms with Crippen LogP contribution >= 0.6 is 11.3 Å². The summed E-state index contributed by atoms with van der Waals surface area (Å²) < 4.78 is 4.90. The zero-order chi connectivity index (χ0) is 19.4. The Kier molecular flexibility index (Phi) is 5.85. The van der Waals surface area contributed by atoms with Gasteiger partial charge in [-0.3, -0.25) is 14.4 Å². The maximum absolute atomic E-state index is 12.8. The van der Waals surface area contributed by atoms with E-state index in [1.54, 1.807) is 24.3 Å². The van der Waals surface area contributed by atoms with Gasteiger partial charge in [0.2, 0.25) is 11.8 Å². The number of hydrogen-bond donors (Lipinski definition) is 1. The van der Waals surface area contributed by atoms with Gasteiger partial charge in [0.25, 0.3) is 0 Å². The van der Waals surface area contributed by atoms with Crippen molar-refractivity contribution in [1.82, 2.24) is 9.88 Å². The molecule has 0 radical (unpaired) electrons. The summed E-state index contributed by atoms with van der Waals surface area (Å²) in [6.07, 6.45) is 0.223. The van der Waals surface area contributed by atoms with Crippen LogP contribution in [0.5, 0.6) is 0 Å². The molecule has 2 heterocycles. The third-order valence-electron chi connectivity index (χ3n) is 4.48. The molecular formula is C19H21N3O4S. The van der Waals surface area contributed by atoms with E-state index in [2.05, 4.69) is 10.3 Å². The van der Waals surface area contributed by atoms with Crippen LogP contribution in [0.15, 0.2) is 35.7 Å². The predicted octanol–water partition coefficient (Wildman–Crippen LogP) is 2.41. The van der Waals surface area contributed by atoms with E-state index in [0.29, 0.717) is 17.4 Å². The van der Waals surface area contributed by atoms with Gasteiger partial charge in [0.15, 0.2) is 5.13 Å². The maximum Gasteiger partial charge on any atom is 0.311 e. The SMILES string of the molecule is CCOC(=O)Cc1csc(NC(=O)[C@@H]2CC(=O)N(C)[C@H]2c2ccccc2)n1. The Labute approximate surface area is 161 Å². The number of thiazole rings is 1. The second kappa shape index (κ2) is 8.30. The molecule has 0 bridgehead atoms. The number of carbonyl (C=O) groups excluding carboxylic acids is 3. The molecule has 1 fully saturated rings. The Balaban J connectivity index is 1.70. The zero-order valence-corrected chi connectivity index (χ0v) is 16.0. The number of anilines is 1. The highest BCUT2D eigenvalue weighted by Crippen LogP contribution is 2.37. The predicted molar refractivity (Wildman–Crippen MR) is 101 cm³/mol. The molecule has 1 saturated heterocycles. The first-order valence-corrected chi connectivity index (χ1v) is 9.59. The van der Waals surface area contributed by atoms with Crippen LogP contribution in [0.2, 0.25) is 0 Å². The highest BCUT2D eigenvalue weighted by atomic mass is 32.1. The number of rotatable bonds is 6. The van der Waals surface area contributed by atoms with Crippen molar-refractivity contribution < 1.29 is 19.1 Å². The minimum atomic E-state index is -0.498. The van der Waals surface area contributed by atoms with Gasteiger partial charge in [-0.2, -0.15) is 0 Å². The molecule has 1 N–H and O–H groups in total. The molecule has 0 saturated carbocycles. The average molecular weight is 387 g/mol. The van der Waals surface area contributed by atoms with E-state index in [-0.39, 0.29) is 36.7 Å². The van der Waals surface area contributed by atoms with Crippen molar-refractivity contribution in [2.45, 2.75) is 25.8 Å². The molecular weight excluding hydrogens is 366 g/mol. The van der Waals surface area contributed by atoms with Gasteiger partial charge in [0, 0.05) is 18.8 Å². The summed E-state index contributed by atoms with van der Waals surface area (Å²) in [7, 11) is 1.72. The van der Waals surface area contributed by atoms with E-state index in [4.69, 9.17) is 4.74 Å². The highest BCUT2D eigenvalue weighted by Gasteiger charge is 2.42. The van der Waals surface area contributed by atoms with Crippen molar-refractivity contribution in [3.05, 3.63) is 47.0 Å². The number of aromatic nitrogens is 1. The number of ether oxygens (including phenoxy) is 1. The van der Waals surface area contributed by atoms with E-state index in [1.807, 2.05) is 30.3 Å². The Morgan fingerprint density at radius 2 is 2.07 bits per heavy atom. The lowest BCUT2D eigenvalue weighted by Crippen LogP contribution is -2.30. The first kappa shape index (κ1) is 19.0. The summed E-state index contributed by atoms with van der Waals surface area (Å²) in [5.74, 6) is -1.17. The molecule has 1 aliphatic heterocycles. The van der Waals surface area contributed by atoms with Crippen LogP contribution in [0, 0.1) is 5.92 Å². The number of amides is 2. The van der Waals surface area contributed by atoms with Gasteiger partial charge < -0.3 is 15.0 Å². The van der Waals surface area contributed by atoms with Crippen molar-refractivity contribution in [3.8, 4) is 0 Å². The van der Waals surface area contributed by atoms with E-state index in [0.717, 1.165) is 5.56 Å². The summed E-state index contributed by atoms with van der Waals surface area (Å²) in [6, 6.07) is 9.21. The number of hydrogen-bond acceptors (Lipinski definition) is 6. The molecule has 142 valence electrons. The summed E-state index contributed by atoms with van der Waals surface area (Å²) >= 11 is 1.25. The van der Waals surface area contributed by atoms with Gasteiger partial charge in [0.1, 0.15) is 0 Å². The smallest absolute Gasteiger partial charge is 0.311 e. The molecule has 3 rings (SSSR count). The molecule has 2 atom stereocenters. The molecule has 1 aromatic carbocycles. The minimum absolute atomic E-state index is 0.0638. The van der Waals surface area contributed by atoms with E-state index >= 15 is 0 Å². The standard InChI is InChI=1S/C19H21N3O4S/c1-3-26-16(24)9-13-11-27-19(20-13)21-18(25)14-10-15(23)22(2)17(14)12-7-5-4-6-8-12/h4-8,11,14,17H,3,9-10H2,1-2H3,(H,20,21,25)/t14-,17+/m1/s1. The fourth-order valence-electron chi connectivity index (χ4n) is 3.21. The third kappa shape index (κ3) is 4.33. The number of carbonyl (C=O) groups is 3. The van der Waals surface area contributed by atoms with Crippen LogP contribution in [0.3, 0.4) is 0 Å². The molecule has 1 aromatic heterocycles. The van der Waals surface area contributed by atoms with Crippen LogP contribution < -0.4 is 5.32 Å². The molecule has 1 aliphatic rings. The Bertz CT molecular complexity index is 836. The second-order valence-electron chi connectivity index (χ2n) is 6.29. The normalized spacial score (nSPS) is 19.2. The van der Waals surface area contributed by atoms with E-state index < -0.39 is 5.92 Å². The van der Waals surface area contributed by atoms with Crippen molar-refractivity contribution in [2.24, 2.45) is 5.92 Å². The average Bonchev–Trinajstić information content (AvgIpc) is 3.20. The van der Waals surface area contributed by atoms with Crippen LogP contribution in [0.25, 0.3) is 0 Å². The van der Waals surface area contributed by atoms with Crippen LogP contribution in [-0.4, -0.2) is 41.3 Å². The summed E-state index contributed by atoms with van der Waals surface area (Å²) in [6.45, 7) is 2.06. The Morgan fingerprint density at radius 1 is 1.33 bits per heavy atom. The van der Waals surface area contributed by atoms with E-state index in [9.17, 15) is 14.4 Å². The number of esters is 1. The maximum atomic E-state index is 12.8. The first-order valence-electron chi connectivity index (χ1n) is 8.71. The number of likely N-dealkylation sites (tertiary alicyclic amines) is 1. The van der Waals surface area contributed by atoms with Crippen molar-refractivity contribution in [1.29, 1.82) is 0 Å². The third-order valence-corrected chi connectivity index (χ3v) is 5.28. The van der Waals surface area contributed by atoms with Crippen LogP contribution in [-0.2, 0) is 25.5 Å². The fourth-order valence-corrected chi connectivity index (χ4v) is 3.93. The van der Waals surface area contributed by atoms with Crippen molar-refractivity contribution >= 4 is 34.3 Å². The molecule has 0 unspecified atom stereocenters. The molecule has 0 aliphatic carbocycles. The largest absolute Gasteiger partial charge is 0.466 e. The minimum Gasteiger partial charge on any atom is -0.466 e. The summed E-state index contributed by atoms with van der Waals surface area (Å²) in [5.41, 5.74) is 1.47. The molecule has 2 amide bonds. The molecule has 2 aromatic rings. The molecule has 7 nitrogen and oxygen atoms in total. The Morgan fingerprint density at radius 3 is 2.78 bits per heavy atom. The van der Waals surface area contributed by atoms with Gasteiger partial charge in [-0.05, 0) is 12.5 Å². The molecule has 27 heavy (non-hydrogen) atoms. The summed E-state index contributed by atoms with van der Waals surface area (Å²) in [4.78, 5) is 42.4. The lowest BCUT2D eigenvalue weighted by molar-refractivity contribution is -0.142. The van der Waals surface area contributed by atoms with Crippen molar-refractivity contribution in [2.75, 3.05) is 19.0 Å². The van der Waals surface area contributed by atoms with Crippen LogP contribution in [0.1, 0.15) is 30.6 Å². The number of benzene rings is 1. The highest BCUT2D eigenvalue weighted by molar-refractivity contribution is 7.13. The van der Waals surface area contributed by atoms with Gasteiger partial charge in [-0.25, -0.2) is 4.98 Å². The van der Waals surface area contributed by atoms with Gasteiger partial charge >= 0.3 is 5.97 Å². The van der Waals surface area contributed by atoms with Gasteiger partial charge in [-0.15, -0.1) is 11.3 Å². The topological polar surface area (TPSA) is 88.6 Å². The lowest BCUT2D eigenvalue weighted by atomic mass is 9.93. The van der Waals surface area contributed by atoms with E-state index in [1.165, 1.54) is 11.3 Å². The van der Waals surface area contributed by atoms with Crippen LogP contribution in [0.4, 0.5) is 5.13 Å². The van der Waals surface area contributed by atoms with Crippen molar-refractivity contribution in [3.63, 3.8) is 0 Å². The summed E-state index contributed by atoms with van der Waals surface area (Å²) in [5, 5.41) is 4.91. The number of nitrogens with one attached hydrogen (secondary N) is 1. The number of nitrogens with zero attached hydrogens (tertiary/aromatic N) is 2. The lowest BCUT2D eigenvalue weighted by Gasteiger charge is -2.24. The Hall–Kier alpha value is -2.74. The quantitative estimate of drug-likeness (QED) is 0.769. The first-order chi connectivity index (χ1) is 13.0. The molecule has 8 heteroatoms. The van der Waals surface area contributed by atoms with Gasteiger partial charge in [0.05, 0.1) is 30.7 Å². The fraction of sp³-hybridized carbons (Fsp3) is 0.368.